The number of amides is 1. The second-order valence-electron chi connectivity index (χ2n) is 5.22. The molecule has 102 valence electrons. The Morgan fingerprint density at radius 3 is 2.63 bits per heavy atom. The number of piperidine rings is 3. The molecule has 3 fully saturated rings. The van der Waals surface area contributed by atoms with Crippen molar-refractivity contribution in [3.05, 3.63) is 23.7 Å². The summed E-state index contributed by atoms with van der Waals surface area (Å²) < 4.78 is 5.00. The van der Waals surface area contributed by atoms with E-state index in [0.29, 0.717) is 5.92 Å². The molecular weight excluding hydrogens is 248 g/mol. The molecule has 1 aromatic rings. The molecule has 2 bridgehead atoms. The largest absolute Gasteiger partial charge is 0.478 e. The molecule has 0 aromatic carbocycles. The fraction of sp³-hybridized carbons (Fsp3) is 0.538. The fourth-order valence-electron chi connectivity index (χ4n) is 2.94. The Bertz CT molecular complexity index is 502. The van der Waals surface area contributed by atoms with E-state index in [-0.39, 0.29) is 23.3 Å². The number of carboxylic acid groups (broad SMARTS) is 1. The van der Waals surface area contributed by atoms with Gasteiger partial charge in [-0.3, -0.25) is 4.79 Å². The molecular formula is C13H16N2O4. The summed E-state index contributed by atoms with van der Waals surface area (Å²) in [6.45, 7) is 3.10. The highest BCUT2D eigenvalue weighted by Crippen LogP contribution is 2.27. The van der Waals surface area contributed by atoms with Crippen LogP contribution in [0.1, 0.15) is 33.8 Å². The molecule has 4 rings (SSSR count). The second-order valence-corrected chi connectivity index (χ2v) is 5.22. The van der Waals surface area contributed by atoms with Gasteiger partial charge in [0.15, 0.2) is 5.76 Å². The van der Waals surface area contributed by atoms with Crippen molar-refractivity contribution in [1.82, 2.24) is 10.2 Å². The lowest BCUT2D eigenvalue weighted by molar-refractivity contribution is 0.0605. The lowest BCUT2D eigenvalue weighted by atomic mass is 9.84. The zero-order valence-corrected chi connectivity index (χ0v) is 10.5. The van der Waals surface area contributed by atoms with Crippen LogP contribution in [0.3, 0.4) is 0 Å². The predicted octanol–water partition coefficient (Wildman–Crippen LogP) is 0.802. The Balaban J connectivity index is 1.66. The molecule has 0 aliphatic carbocycles. The van der Waals surface area contributed by atoms with Gasteiger partial charge < -0.3 is 19.7 Å². The third-order valence-corrected chi connectivity index (χ3v) is 4.04. The molecule has 0 radical (unpaired) electrons. The summed E-state index contributed by atoms with van der Waals surface area (Å²) in [5.74, 6) is -0.825. The lowest BCUT2D eigenvalue weighted by Gasteiger charge is -2.44. The maximum atomic E-state index is 12.0. The van der Waals surface area contributed by atoms with Crippen LogP contribution >= 0.6 is 0 Å². The monoisotopic (exact) mass is 264 g/mol. The van der Waals surface area contributed by atoms with Crippen molar-refractivity contribution in [2.24, 2.45) is 5.92 Å². The van der Waals surface area contributed by atoms with Crippen LogP contribution in [-0.4, -0.2) is 47.6 Å². The number of carbonyl (C=O) groups is 2. The molecule has 3 aliphatic rings. The van der Waals surface area contributed by atoms with Gasteiger partial charge in [0.2, 0.25) is 0 Å². The van der Waals surface area contributed by atoms with Crippen molar-refractivity contribution in [2.45, 2.75) is 18.9 Å². The smallest absolute Gasteiger partial charge is 0.338 e. The van der Waals surface area contributed by atoms with E-state index in [1.165, 1.54) is 6.07 Å². The molecule has 1 aromatic heterocycles. The van der Waals surface area contributed by atoms with Gasteiger partial charge in [-0.25, -0.2) is 4.79 Å². The molecule has 1 atom stereocenters. The molecule has 3 aliphatic heterocycles. The zero-order chi connectivity index (χ0) is 13.4. The Labute approximate surface area is 110 Å². The van der Waals surface area contributed by atoms with Gasteiger partial charge in [0.25, 0.3) is 5.91 Å². The number of fused-ring (bicyclic) bond motifs is 3. The van der Waals surface area contributed by atoms with Gasteiger partial charge in [-0.15, -0.1) is 0 Å². The van der Waals surface area contributed by atoms with Gasteiger partial charge in [-0.2, -0.15) is 0 Å². The number of nitrogens with zero attached hydrogens (tertiary/aromatic N) is 1. The second kappa shape index (κ2) is 4.70. The van der Waals surface area contributed by atoms with Gasteiger partial charge >= 0.3 is 5.97 Å². The van der Waals surface area contributed by atoms with E-state index in [4.69, 9.17) is 9.52 Å². The third-order valence-electron chi connectivity index (χ3n) is 4.04. The summed E-state index contributed by atoms with van der Waals surface area (Å²) >= 11 is 0. The first-order valence-corrected chi connectivity index (χ1v) is 6.48. The SMILES string of the molecule is O=C(O)c1coc(C(=O)NC2CN3CCC2CC3)c1. The molecule has 1 unspecified atom stereocenters. The van der Waals surface area contributed by atoms with Gasteiger partial charge in [-0.05, 0) is 31.8 Å². The van der Waals surface area contributed by atoms with Gasteiger partial charge in [0.05, 0.1) is 5.56 Å². The highest BCUT2D eigenvalue weighted by molar-refractivity contribution is 5.95. The number of rotatable bonds is 3. The summed E-state index contributed by atoms with van der Waals surface area (Å²) in [7, 11) is 0. The zero-order valence-electron chi connectivity index (χ0n) is 10.5. The van der Waals surface area contributed by atoms with Crippen molar-refractivity contribution in [2.75, 3.05) is 19.6 Å². The van der Waals surface area contributed by atoms with Gasteiger partial charge in [-0.1, -0.05) is 0 Å². The van der Waals surface area contributed by atoms with E-state index >= 15 is 0 Å². The molecule has 0 spiro atoms. The average molecular weight is 264 g/mol. The molecule has 19 heavy (non-hydrogen) atoms. The third kappa shape index (κ3) is 2.35. The van der Waals surface area contributed by atoms with Crippen LogP contribution in [-0.2, 0) is 0 Å². The normalized spacial score (nSPS) is 29.2. The van der Waals surface area contributed by atoms with Crippen LogP contribution in [0.5, 0.6) is 0 Å². The number of carboxylic acids is 1. The first-order chi connectivity index (χ1) is 9.13. The quantitative estimate of drug-likeness (QED) is 0.843. The van der Waals surface area contributed by atoms with E-state index in [9.17, 15) is 9.59 Å². The van der Waals surface area contributed by atoms with Crippen molar-refractivity contribution in [1.29, 1.82) is 0 Å². The van der Waals surface area contributed by atoms with E-state index < -0.39 is 5.97 Å². The molecule has 6 heteroatoms. The van der Waals surface area contributed by atoms with Crippen LogP contribution in [0.4, 0.5) is 0 Å². The summed E-state index contributed by atoms with van der Waals surface area (Å²) in [6, 6.07) is 1.41. The number of carbonyl (C=O) groups excluding carboxylic acids is 1. The number of aromatic carboxylic acids is 1. The highest BCUT2D eigenvalue weighted by Gasteiger charge is 2.35. The first-order valence-electron chi connectivity index (χ1n) is 6.48. The first kappa shape index (κ1) is 12.2. The topological polar surface area (TPSA) is 82.8 Å². The molecule has 6 nitrogen and oxygen atoms in total. The number of nitrogens with one attached hydrogen (secondary N) is 1. The Morgan fingerprint density at radius 2 is 2.11 bits per heavy atom. The Hall–Kier alpha value is -1.82. The fourth-order valence-corrected chi connectivity index (χ4v) is 2.94. The molecule has 4 heterocycles. The Morgan fingerprint density at radius 1 is 1.37 bits per heavy atom. The van der Waals surface area contributed by atoms with E-state index in [2.05, 4.69) is 10.2 Å². The minimum absolute atomic E-state index is 0.000866. The maximum Gasteiger partial charge on any atom is 0.338 e. The molecule has 1 amide bonds. The number of furan rings is 1. The average Bonchev–Trinajstić information content (AvgIpc) is 2.90. The van der Waals surface area contributed by atoms with Crippen molar-refractivity contribution >= 4 is 11.9 Å². The van der Waals surface area contributed by atoms with E-state index in [0.717, 1.165) is 38.7 Å². The van der Waals surface area contributed by atoms with E-state index in [1.807, 2.05) is 0 Å². The summed E-state index contributed by atoms with van der Waals surface area (Å²) in [6.07, 6.45) is 3.32. The van der Waals surface area contributed by atoms with Crippen molar-refractivity contribution in [3.63, 3.8) is 0 Å². The van der Waals surface area contributed by atoms with Crippen LogP contribution in [0.15, 0.2) is 16.7 Å². The maximum absolute atomic E-state index is 12.0. The van der Waals surface area contributed by atoms with Crippen LogP contribution in [0.25, 0.3) is 0 Å². The number of hydrogen-bond acceptors (Lipinski definition) is 4. The summed E-state index contributed by atoms with van der Waals surface area (Å²) in [5, 5.41) is 11.7. The molecule has 3 saturated heterocycles. The summed E-state index contributed by atoms with van der Waals surface area (Å²) in [4.78, 5) is 25.1. The highest BCUT2D eigenvalue weighted by atomic mass is 16.4. The minimum Gasteiger partial charge on any atom is -0.478 e. The number of hydrogen-bond donors (Lipinski definition) is 2. The van der Waals surface area contributed by atoms with Crippen molar-refractivity contribution in [3.8, 4) is 0 Å². The standard InChI is InChI=1S/C13H16N2O4/c16-12(11-5-9(7-19-11)13(17)18)14-10-6-15-3-1-8(10)2-4-15/h5,7-8,10H,1-4,6H2,(H,14,16)(H,17,18). The minimum atomic E-state index is -1.09. The van der Waals surface area contributed by atoms with Crippen LogP contribution in [0.2, 0.25) is 0 Å². The Kier molecular flexibility index (Phi) is 3.02. The lowest BCUT2D eigenvalue weighted by Crippen LogP contribution is -2.57. The van der Waals surface area contributed by atoms with Gasteiger partial charge in [0, 0.05) is 18.7 Å². The van der Waals surface area contributed by atoms with Crippen LogP contribution < -0.4 is 5.32 Å². The van der Waals surface area contributed by atoms with Gasteiger partial charge in [0.1, 0.15) is 6.26 Å². The summed E-state index contributed by atoms with van der Waals surface area (Å²) in [5.41, 5.74) is -0.000866. The predicted molar refractivity (Wildman–Crippen MR) is 66.1 cm³/mol. The van der Waals surface area contributed by atoms with E-state index in [1.54, 1.807) is 0 Å². The van der Waals surface area contributed by atoms with Crippen molar-refractivity contribution < 1.29 is 19.1 Å². The molecule has 0 saturated carbocycles. The van der Waals surface area contributed by atoms with Crippen LogP contribution in [0, 0.1) is 5.92 Å². The molecule has 2 N–H and O–H groups in total.